The molecule has 1 aliphatic rings. The molecule has 0 N–H and O–H groups in total. The number of rotatable bonds is 1. The molecular formula is C22H19+. The minimum absolute atomic E-state index is 0.0332. The molecule has 0 aliphatic heterocycles. The molecule has 0 fully saturated rings. The van der Waals surface area contributed by atoms with Crippen LogP contribution in [0.5, 0.6) is 0 Å². The molecule has 0 radical (unpaired) electrons. The largest absolute Gasteiger partial charge is 0.0638 e. The van der Waals surface area contributed by atoms with Crippen molar-refractivity contribution in [2.24, 2.45) is 0 Å². The molecule has 1 aliphatic carbocycles. The van der Waals surface area contributed by atoms with Gasteiger partial charge in [-0.3, -0.25) is 0 Å². The van der Waals surface area contributed by atoms with Crippen molar-refractivity contribution in [3.63, 3.8) is 0 Å². The average molecular weight is 283 g/mol. The topological polar surface area (TPSA) is 0 Å². The van der Waals surface area contributed by atoms with E-state index in [0.717, 1.165) is 0 Å². The predicted molar refractivity (Wildman–Crippen MR) is 92.0 cm³/mol. The van der Waals surface area contributed by atoms with Crippen LogP contribution in [-0.2, 0) is 5.41 Å². The second kappa shape index (κ2) is 4.78. The van der Waals surface area contributed by atoms with Crippen molar-refractivity contribution in [2.45, 2.75) is 19.3 Å². The summed E-state index contributed by atoms with van der Waals surface area (Å²) < 4.78 is 0. The third kappa shape index (κ3) is 1.80. The summed E-state index contributed by atoms with van der Waals surface area (Å²) in [7, 11) is 0. The zero-order valence-corrected chi connectivity index (χ0v) is 13.0. The van der Waals surface area contributed by atoms with E-state index in [1.54, 1.807) is 0 Å². The van der Waals surface area contributed by atoms with E-state index in [9.17, 15) is 0 Å². The number of fused-ring (bicyclic) bond motifs is 2. The Hall–Kier alpha value is -2.47. The molecule has 22 heavy (non-hydrogen) atoms. The summed E-state index contributed by atoms with van der Waals surface area (Å²) in [6, 6.07) is 28.4. The Morgan fingerprint density at radius 3 is 1.59 bits per heavy atom. The quantitative estimate of drug-likeness (QED) is 0.528. The summed E-state index contributed by atoms with van der Waals surface area (Å²) in [5.74, 6) is 1.35. The highest BCUT2D eigenvalue weighted by Gasteiger charge is 2.42. The minimum atomic E-state index is 0.0332. The lowest BCUT2D eigenvalue weighted by molar-refractivity contribution is 0.618. The molecule has 0 aromatic heterocycles. The van der Waals surface area contributed by atoms with Gasteiger partial charge in [-0.1, -0.05) is 18.2 Å². The smallest absolute Gasteiger partial charge is 0.0511 e. The van der Waals surface area contributed by atoms with E-state index < -0.39 is 0 Å². The molecule has 0 bridgehead atoms. The van der Waals surface area contributed by atoms with Gasteiger partial charge in [-0.15, -0.1) is 0 Å². The van der Waals surface area contributed by atoms with Crippen molar-refractivity contribution < 1.29 is 0 Å². The Morgan fingerprint density at radius 1 is 0.591 bits per heavy atom. The fourth-order valence-corrected chi connectivity index (χ4v) is 3.70. The number of hydrogen-bond donors (Lipinski definition) is 0. The highest BCUT2D eigenvalue weighted by atomic mass is 14.4. The van der Waals surface area contributed by atoms with Crippen LogP contribution in [0.2, 0.25) is 0 Å². The van der Waals surface area contributed by atoms with E-state index in [-0.39, 0.29) is 5.41 Å². The maximum absolute atomic E-state index is 2.33. The van der Waals surface area contributed by atoms with Gasteiger partial charge in [-0.2, -0.15) is 0 Å². The Labute approximate surface area is 132 Å². The van der Waals surface area contributed by atoms with Gasteiger partial charge in [0.2, 0.25) is 0 Å². The molecule has 0 heteroatoms. The summed E-state index contributed by atoms with van der Waals surface area (Å²) in [6.07, 6.45) is 0. The van der Waals surface area contributed by atoms with Crippen LogP contribution in [0.3, 0.4) is 0 Å². The number of hydrogen-bond acceptors (Lipinski definition) is 0. The van der Waals surface area contributed by atoms with E-state index in [0.29, 0.717) is 0 Å². The standard InChI is InChI=1S/C22H19/c1-22(2)19-14-8-6-12-17(19)21(16-10-4-3-5-11-16)18-13-7-9-15-20(18)22/h3-15H,1-2H3/q+1. The van der Waals surface area contributed by atoms with Gasteiger partial charge in [0.25, 0.3) is 0 Å². The molecule has 0 amide bonds. The highest BCUT2D eigenvalue weighted by Crippen LogP contribution is 2.48. The first kappa shape index (κ1) is 13.2. The van der Waals surface area contributed by atoms with Gasteiger partial charge in [0, 0.05) is 11.1 Å². The first-order valence-corrected chi connectivity index (χ1v) is 7.82. The molecule has 0 spiro atoms. The minimum Gasteiger partial charge on any atom is -0.0511 e. The second-order valence-corrected chi connectivity index (χ2v) is 6.46. The van der Waals surface area contributed by atoms with Gasteiger partial charge in [0.1, 0.15) is 0 Å². The van der Waals surface area contributed by atoms with E-state index >= 15 is 0 Å². The lowest BCUT2D eigenvalue weighted by Crippen LogP contribution is -2.30. The van der Waals surface area contributed by atoms with Crippen LogP contribution >= 0.6 is 0 Å². The molecule has 0 saturated heterocycles. The molecule has 0 heterocycles. The van der Waals surface area contributed by atoms with Crippen molar-refractivity contribution in [3.8, 4) is 0 Å². The SMILES string of the molecule is CC1(C)c2ccccc2[C+](c2ccccc2)c2ccccc21. The summed E-state index contributed by atoms with van der Waals surface area (Å²) in [6.45, 7) is 4.65. The maximum Gasteiger partial charge on any atom is 0.0638 e. The van der Waals surface area contributed by atoms with Gasteiger partial charge in [-0.25, -0.2) is 0 Å². The zero-order valence-electron chi connectivity index (χ0n) is 13.0. The summed E-state index contributed by atoms with van der Waals surface area (Å²) in [4.78, 5) is 0. The molecule has 3 aromatic rings. The third-order valence-electron chi connectivity index (χ3n) is 4.80. The molecule has 0 unspecified atom stereocenters. The first-order chi connectivity index (χ1) is 10.7. The Bertz CT molecular complexity index is 763. The number of benzene rings is 3. The molecule has 4 rings (SSSR count). The molecule has 0 saturated carbocycles. The highest BCUT2D eigenvalue weighted by molar-refractivity contribution is 5.68. The van der Waals surface area contributed by atoms with Gasteiger partial charge < -0.3 is 0 Å². The van der Waals surface area contributed by atoms with Crippen LogP contribution in [-0.4, -0.2) is 0 Å². The van der Waals surface area contributed by atoms with Crippen LogP contribution in [0.1, 0.15) is 41.7 Å². The van der Waals surface area contributed by atoms with Crippen molar-refractivity contribution in [1.29, 1.82) is 0 Å². The zero-order chi connectivity index (χ0) is 15.2. The van der Waals surface area contributed by atoms with E-state index in [2.05, 4.69) is 92.7 Å². The molecule has 0 nitrogen and oxygen atoms in total. The van der Waals surface area contributed by atoms with Gasteiger partial charge in [0.15, 0.2) is 0 Å². The molecule has 106 valence electrons. The van der Waals surface area contributed by atoms with Crippen molar-refractivity contribution in [1.82, 2.24) is 0 Å². The lowest BCUT2D eigenvalue weighted by atomic mass is 9.64. The van der Waals surface area contributed by atoms with Crippen LogP contribution in [0.25, 0.3) is 0 Å². The predicted octanol–water partition coefficient (Wildman–Crippen LogP) is 5.35. The molecule has 3 aromatic carbocycles. The van der Waals surface area contributed by atoms with Crippen molar-refractivity contribution >= 4 is 0 Å². The third-order valence-corrected chi connectivity index (χ3v) is 4.80. The Morgan fingerprint density at radius 2 is 1.05 bits per heavy atom. The fourth-order valence-electron chi connectivity index (χ4n) is 3.70. The Kier molecular flexibility index (Phi) is 2.87. The second-order valence-electron chi connectivity index (χ2n) is 6.46. The van der Waals surface area contributed by atoms with Crippen LogP contribution < -0.4 is 0 Å². The average Bonchev–Trinajstić information content (AvgIpc) is 2.56. The van der Waals surface area contributed by atoms with E-state index in [1.807, 2.05) is 0 Å². The van der Waals surface area contributed by atoms with E-state index in [4.69, 9.17) is 0 Å². The van der Waals surface area contributed by atoms with Crippen LogP contribution in [0.4, 0.5) is 0 Å². The monoisotopic (exact) mass is 283 g/mol. The summed E-state index contributed by atoms with van der Waals surface area (Å²) >= 11 is 0. The summed E-state index contributed by atoms with van der Waals surface area (Å²) in [5.41, 5.74) is 6.86. The van der Waals surface area contributed by atoms with Gasteiger partial charge in [0.05, 0.1) is 28.0 Å². The van der Waals surface area contributed by atoms with Crippen LogP contribution in [0.15, 0.2) is 78.9 Å². The van der Waals surface area contributed by atoms with Crippen molar-refractivity contribution in [3.05, 3.63) is 113 Å². The normalized spacial score (nSPS) is 15.1. The molecule has 0 atom stereocenters. The fraction of sp³-hybridized carbons (Fsp3) is 0.136. The lowest BCUT2D eigenvalue weighted by Gasteiger charge is -2.34. The van der Waals surface area contributed by atoms with Gasteiger partial charge >= 0.3 is 0 Å². The van der Waals surface area contributed by atoms with Crippen LogP contribution in [0, 0.1) is 5.92 Å². The maximum atomic E-state index is 2.33. The Balaban J connectivity index is 2.05. The van der Waals surface area contributed by atoms with Crippen molar-refractivity contribution in [2.75, 3.05) is 0 Å². The summed E-state index contributed by atoms with van der Waals surface area (Å²) in [5, 5.41) is 0. The first-order valence-electron chi connectivity index (χ1n) is 7.82. The van der Waals surface area contributed by atoms with Gasteiger partial charge in [-0.05, 0) is 74.5 Å². The van der Waals surface area contributed by atoms with E-state index in [1.165, 1.54) is 33.7 Å². The molecular weight excluding hydrogens is 264 g/mol.